The molecule has 0 saturated carbocycles. The van der Waals surface area contributed by atoms with Crippen LogP contribution in [0.5, 0.6) is 0 Å². The molecule has 0 bridgehead atoms. The average molecular weight is 278 g/mol. The predicted octanol–water partition coefficient (Wildman–Crippen LogP) is 2.34. The van der Waals surface area contributed by atoms with Crippen LogP contribution in [0.2, 0.25) is 0 Å². The van der Waals surface area contributed by atoms with E-state index >= 15 is 0 Å². The highest BCUT2D eigenvalue weighted by Crippen LogP contribution is 2.37. The molecule has 2 rings (SSSR count). The predicted molar refractivity (Wildman–Crippen MR) is 70.7 cm³/mol. The van der Waals surface area contributed by atoms with E-state index < -0.39 is 11.5 Å². The van der Waals surface area contributed by atoms with Crippen LogP contribution in [0, 0.1) is 5.82 Å². The summed E-state index contributed by atoms with van der Waals surface area (Å²) in [6.07, 6.45) is 1.47. The Labute approximate surface area is 115 Å². The van der Waals surface area contributed by atoms with Crippen molar-refractivity contribution in [1.29, 1.82) is 0 Å². The summed E-state index contributed by atoms with van der Waals surface area (Å²) in [6, 6.07) is 4.21. The zero-order valence-corrected chi connectivity index (χ0v) is 10.8. The molecule has 1 aliphatic carbocycles. The van der Waals surface area contributed by atoms with Crippen molar-refractivity contribution in [2.24, 2.45) is 5.11 Å². The van der Waals surface area contributed by atoms with Gasteiger partial charge in [0.05, 0.1) is 0 Å². The molecule has 106 valence electrons. The van der Waals surface area contributed by atoms with E-state index in [1.807, 2.05) is 0 Å². The van der Waals surface area contributed by atoms with E-state index in [-0.39, 0.29) is 5.82 Å². The minimum absolute atomic E-state index is 0.315. The number of carbonyl (C=O) groups is 1. The SMILES string of the molecule is [N-]=[N+]=NCCCNC1(C(=O)O)CCc2cc(F)ccc21. The number of nitrogens with one attached hydrogen (secondary N) is 1. The number of azide groups is 1. The van der Waals surface area contributed by atoms with Crippen molar-refractivity contribution < 1.29 is 14.3 Å². The van der Waals surface area contributed by atoms with Crippen LogP contribution in [0.15, 0.2) is 23.3 Å². The van der Waals surface area contributed by atoms with E-state index in [0.29, 0.717) is 37.9 Å². The van der Waals surface area contributed by atoms with E-state index in [1.54, 1.807) is 0 Å². The number of carboxylic acids is 1. The highest BCUT2D eigenvalue weighted by atomic mass is 19.1. The summed E-state index contributed by atoms with van der Waals surface area (Å²) in [5, 5.41) is 16.0. The zero-order chi connectivity index (χ0) is 14.6. The fraction of sp³-hybridized carbons (Fsp3) is 0.462. The number of rotatable bonds is 6. The van der Waals surface area contributed by atoms with Crippen LogP contribution in [-0.2, 0) is 16.8 Å². The Morgan fingerprint density at radius 3 is 3.10 bits per heavy atom. The molecule has 2 N–H and O–H groups in total. The zero-order valence-electron chi connectivity index (χ0n) is 10.8. The van der Waals surface area contributed by atoms with Gasteiger partial charge in [-0.3, -0.25) is 5.32 Å². The van der Waals surface area contributed by atoms with Gasteiger partial charge in [0.1, 0.15) is 11.4 Å². The van der Waals surface area contributed by atoms with Crippen LogP contribution in [0.1, 0.15) is 24.0 Å². The summed E-state index contributed by atoms with van der Waals surface area (Å²) in [6.45, 7) is 0.734. The standard InChI is InChI=1S/C13H15FN4O2/c14-10-2-3-11-9(8-10)4-5-13(11,12(19)20)16-6-1-7-17-18-15/h2-3,8,16H,1,4-7H2,(H,19,20). The molecule has 20 heavy (non-hydrogen) atoms. The van der Waals surface area contributed by atoms with Gasteiger partial charge >= 0.3 is 5.97 Å². The molecule has 0 heterocycles. The smallest absolute Gasteiger partial charge is 0.328 e. The highest BCUT2D eigenvalue weighted by molar-refractivity contribution is 5.82. The Morgan fingerprint density at radius 1 is 1.60 bits per heavy atom. The monoisotopic (exact) mass is 278 g/mol. The second-order valence-electron chi connectivity index (χ2n) is 4.75. The maximum absolute atomic E-state index is 13.2. The molecule has 0 radical (unpaired) electrons. The van der Waals surface area contributed by atoms with E-state index in [2.05, 4.69) is 15.3 Å². The Balaban J connectivity index is 2.17. The highest BCUT2D eigenvalue weighted by Gasteiger charge is 2.45. The number of aliphatic carboxylic acids is 1. The van der Waals surface area contributed by atoms with Gasteiger partial charge in [-0.1, -0.05) is 11.2 Å². The van der Waals surface area contributed by atoms with Crippen molar-refractivity contribution in [3.63, 3.8) is 0 Å². The number of carboxylic acid groups (broad SMARTS) is 1. The van der Waals surface area contributed by atoms with E-state index in [9.17, 15) is 14.3 Å². The molecule has 1 aromatic carbocycles. The lowest BCUT2D eigenvalue weighted by Crippen LogP contribution is -2.48. The van der Waals surface area contributed by atoms with Gasteiger partial charge in [-0.15, -0.1) is 0 Å². The van der Waals surface area contributed by atoms with Gasteiger partial charge in [-0.05, 0) is 54.6 Å². The van der Waals surface area contributed by atoms with Crippen molar-refractivity contribution in [2.45, 2.75) is 24.8 Å². The van der Waals surface area contributed by atoms with Gasteiger partial charge in [-0.25, -0.2) is 9.18 Å². The topological polar surface area (TPSA) is 98.1 Å². The molecule has 0 aliphatic heterocycles. The number of hydrogen-bond acceptors (Lipinski definition) is 3. The van der Waals surface area contributed by atoms with Crippen molar-refractivity contribution in [3.8, 4) is 0 Å². The van der Waals surface area contributed by atoms with Crippen molar-refractivity contribution in [3.05, 3.63) is 45.6 Å². The Morgan fingerprint density at radius 2 is 2.40 bits per heavy atom. The van der Waals surface area contributed by atoms with Crippen molar-refractivity contribution in [2.75, 3.05) is 13.1 Å². The normalized spacial score (nSPS) is 20.2. The lowest BCUT2D eigenvalue weighted by Gasteiger charge is -2.27. The average Bonchev–Trinajstić information content (AvgIpc) is 2.78. The molecule has 1 unspecified atom stereocenters. The van der Waals surface area contributed by atoms with Crippen molar-refractivity contribution >= 4 is 5.97 Å². The second kappa shape index (κ2) is 5.90. The first-order valence-corrected chi connectivity index (χ1v) is 6.38. The number of nitrogens with zero attached hydrogens (tertiary/aromatic N) is 3. The van der Waals surface area contributed by atoms with Crippen LogP contribution in [-0.4, -0.2) is 24.2 Å². The minimum Gasteiger partial charge on any atom is -0.480 e. The molecule has 0 fully saturated rings. The number of fused-ring (bicyclic) bond motifs is 1. The van der Waals surface area contributed by atoms with Gasteiger partial charge in [0.2, 0.25) is 0 Å². The number of hydrogen-bond donors (Lipinski definition) is 2. The first-order chi connectivity index (χ1) is 9.60. The molecular formula is C13H15FN4O2. The van der Waals surface area contributed by atoms with E-state index in [1.165, 1.54) is 18.2 Å². The van der Waals surface area contributed by atoms with Gasteiger partial charge in [-0.2, -0.15) is 0 Å². The van der Waals surface area contributed by atoms with Crippen molar-refractivity contribution in [1.82, 2.24) is 5.32 Å². The maximum atomic E-state index is 13.2. The number of halogens is 1. The maximum Gasteiger partial charge on any atom is 0.328 e. The summed E-state index contributed by atoms with van der Waals surface area (Å²) < 4.78 is 13.2. The molecule has 0 saturated heterocycles. The molecule has 0 aromatic heterocycles. The van der Waals surface area contributed by atoms with Crippen LogP contribution in [0.3, 0.4) is 0 Å². The fourth-order valence-electron chi connectivity index (χ4n) is 2.62. The first-order valence-electron chi connectivity index (χ1n) is 6.38. The summed E-state index contributed by atoms with van der Waals surface area (Å²) in [5.41, 5.74) is 8.37. The molecule has 6 nitrogen and oxygen atoms in total. The van der Waals surface area contributed by atoms with Gasteiger partial charge in [0.25, 0.3) is 0 Å². The first kappa shape index (κ1) is 14.3. The summed E-state index contributed by atoms with van der Waals surface area (Å²) in [7, 11) is 0. The molecule has 1 aromatic rings. The molecule has 0 amide bonds. The Bertz CT molecular complexity index is 571. The van der Waals surface area contributed by atoms with Crippen LogP contribution in [0.4, 0.5) is 4.39 Å². The Hall–Kier alpha value is -2.11. The largest absolute Gasteiger partial charge is 0.480 e. The third-order valence-electron chi connectivity index (χ3n) is 3.59. The van der Waals surface area contributed by atoms with Crippen LogP contribution in [0.25, 0.3) is 10.4 Å². The molecular weight excluding hydrogens is 263 g/mol. The van der Waals surface area contributed by atoms with Crippen LogP contribution >= 0.6 is 0 Å². The third-order valence-corrected chi connectivity index (χ3v) is 3.59. The molecule has 1 aliphatic rings. The molecule has 7 heteroatoms. The van der Waals surface area contributed by atoms with E-state index in [4.69, 9.17) is 5.53 Å². The van der Waals surface area contributed by atoms with Gasteiger partial charge < -0.3 is 5.11 Å². The number of benzene rings is 1. The lowest BCUT2D eigenvalue weighted by atomic mass is 9.91. The van der Waals surface area contributed by atoms with Gasteiger partial charge in [0, 0.05) is 11.5 Å². The van der Waals surface area contributed by atoms with E-state index in [0.717, 1.165) is 5.56 Å². The number of aryl methyl sites for hydroxylation is 1. The summed E-state index contributed by atoms with van der Waals surface area (Å²) in [5.74, 6) is -1.32. The third kappa shape index (κ3) is 2.59. The minimum atomic E-state index is -1.17. The summed E-state index contributed by atoms with van der Waals surface area (Å²) in [4.78, 5) is 14.3. The Kier molecular flexibility index (Phi) is 4.22. The fourth-order valence-corrected chi connectivity index (χ4v) is 2.62. The second-order valence-corrected chi connectivity index (χ2v) is 4.75. The molecule has 1 atom stereocenters. The lowest BCUT2D eigenvalue weighted by molar-refractivity contribution is -0.145. The quantitative estimate of drug-likeness (QED) is 0.361. The summed E-state index contributed by atoms with van der Waals surface area (Å²) >= 11 is 0. The van der Waals surface area contributed by atoms with Crippen LogP contribution < -0.4 is 5.32 Å². The van der Waals surface area contributed by atoms with Gasteiger partial charge in [0.15, 0.2) is 0 Å². The molecule has 0 spiro atoms.